The number of nitrogens with zero attached hydrogens (tertiary/aromatic N) is 2. The lowest BCUT2D eigenvalue weighted by Gasteiger charge is -2.15. The molecule has 2 N–H and O–H groups in total. The van der Waals surface area contributed by atoms with Gasteiger partial charge in [-0.25, -0.2) is 13.6 Å². The fourth-order valence-corrected chi connectivity index (χ4v) is 4.74. The van der Waals surface area contributed by atoms with Gasteiger partial charge < -0.3 is 23.5 Å². The molecule has 180 valence electrons. The van der Waals surface area contributed by atoms with Crippen molar-refractivity contribution in [3.8, 4) is 51.5 Å². The van der Waals surface area contributed by atoms with E-state index in [1.165, 1.54) is 34.5 Å². The molecule has 3 aromatic carbocycles. The molecule has 0 amide bonds. The second-order valence-corrected chi connectivity index (χ2v) is 8.87. The number of hydrogen-bond donors (Lipinski definition) is 1. The van der Waals surface area contributed by atoms with Gasteiger partial charge in [0.05, 0.1) is 45.5 Å². The smallest absolute Gasteiger partial charge is 0.245 e. The summed E-state index contributed by atoms with van der Waals surface area (Å²) in [7, 11) is 1.45. The Morgan fingerprint density at radius 3 is 2.23 bits per heavy atom. The van der Waals surface area contributed by atoms with Crippen molar-refractivity contribution < 1.29 is 31.9 Å². The first-order chi connectivity index (χ1) is 16.7. The van der Waals surface area contributed by atoms with Gasteiger partial charge in [-0.05, 0) is 53.6 Å². The molecule has 0 fully saturated rings. The summed E-state index contributed by atoms with van der Waals surface area (Å²) in [6.45, 7) is 0. The van der Waals surface area contributed by atoms with Crippen LogP contribution in [0.2, 0.25) is 0 Å². The van der Waals surface area contributed by atoms with E-state index in [-0.39, 0.29) is 22.1 Å². The third kappa shape index (κ3) is 4.21. The molecule has 0 radical (unpaired) electrons. The van der Waals surface area contributed by atoms with Crippen molar-refractivity contribution in [2.75, 3.05) is 28.4 Å². The minimum atomic E-state index is -4.20. The maximum Gasteiger partial charge on any atom is 0.245 e. The maximum atomic E-state index is 12.3. The van der Waals surface area contributed by atoms with E-state index < -0.39 is 10.0 Å². The zero-order chi connectivity index (χ0) is 25.3. The van der Waals surface area contributed by atoms with E-state index in [1.54, 1.807) is 36.4 Å². The average Bonchev–Trinajstić information content (AvgIpc) is 3.30. The molecular weight excluding hydrogens is 474 g/mol. The Morgan fingerprint density at radius 1 is 0.914 bits per heavy atom. The van der Waals surface area contributed by atoms with Crippen molar-refractivity contribution >= 4 is 21.0 Å². The van der Waals surface area contributed by atoms with Crippen LogP contribution in [0, 0.1) is 11.3 Å². The summed E-state index contributed by atoms with van der Waals surface area (Å²) >= 11 is 0. The molecule has 1 heterocycles. The molecule has 0 atom stereocenters. The Balaban J connectivity index is 1.98. The van der Waals surface area contributed by atoms with Gasteiger partial charge in [0, 0.05) is 5.56 Å². The number of aromatic nitrogens is 1. The molecule has 4 aromatic rings. The van der Waals surface area contributed by atoms with Gasteiger partial charge in [0.15, 0.2) is 16.2 Å². The first-order valence-electron chi connectivity index (χ1n) is 10.1. The molecule has 1 aromatic heterocycles. The molecule has 11 heteroatoms. The van der Waals surface area contributed by atoms with Crippen molar-refractivity contribution in [1.29, 1.82) is 5.26 Å². The van der Waals surface area contributed by atoms with E-state index in [0.29, 0.717) is 44.7 Å². The topological polar surface area (TPSA) is 147 Å². The highest BCUT2D eigenvalue weighted by Crippen LogP contribution is 2.45. The number of rotatable bonds is 7. The van der Waals surface area contributed by atoms with Crippen LogP contribution in [0.4, 0.5) is 0 Å². The number of methoxy groups -OCH3 is 4. The lowest BCUT2D eigenvalue weighted by atomic mass is 9.99. The maximum absolute atomic E-state index is 12.3. The highest BCUT2D eigenvalue weighted by atomic mass is 32.2. The van der Waals surface area contributed by atoms with Crippen LogP contribution in [0.5, 0.6) is 23.0 Å². The second kappa shape index (κ2) is 9.17. The molecule has 0 spiro atoms. The van der Waals surface area contributed by atoms with E-state index in [0.717, 1.165) is 0 Å². The Morgan fingerprint density at radius 2 is 1.63 bits per heavy atom. The standard InChI is InChI=1S/C24H21N3O7S/c1-30-16-8-13(12-25)7-14(9-16)15-10-19(32-3)21-20(11-15)34-27-22(21)17-5-6-18(31-2)24(23(17)33-4)35(26,28)29/h5-11H,1-4H3,(H2,26,28,29). The van der Waals surface area contributed by atoms with Crippen molar-refractivity contribution in [3.63, 3.8) is 0 Å². The van der Waals surface area contributed by atoms with E-state index in [1.807, 2.05) is 0 Å². The van der Waals surface area contributed by atoms with Gasteiger partial charge in [-0.3, -0.25) is 0 Å². The van der Waals surface area contributed by atoms with E-state index in [4.69, 9.17) is 28.6 Å². The second-order valence-electron chi connectivity index (χ2n) is 7.37. The largest absolute Gasteiger partial charge is 0.497 e. The third-order valence-corrected chi connectivity index (χ3v) is 6.36. The predicted octanol–water partition coefficient (Wildman–Crippen LogP) is 3.72. The molecule has 0 bridgehead atoms. The minimum Gasteiger partial charge on any atom is -0.497 e. The predicted molar refractivity (Wildman–Crippen MR) is 127 cm³/mol. The molecule has 0 unspecified atom stereocenters. The third-order valence-electron chi connectivity index (χ3n) is 5.40. The van der Waals surface area contributed by atoms with Crippen LogP contribution < -0.4 is 24.1 Å². The Bertz CT molecular complexity index is 1590. The SMILES string of the molecule is COc1cc(C#N)cc(-c2cc(OC)c3c(-c4ccc(OC)c(S(N)(=O)=O)c4OC)noc3c2)c1. The van der Waals surface area contributed by atoms with Gasteiger partial charge in [0.2, 0.25) is 10.0 Å². The van der Waals surface area contributed by atoms with Crippen LogP contribution in [0.3, 0.4) is 0 Å². The normalized spacial score (nSPS) is 11.2. The van der Waals surface area contributed by atoms with E-state index in [2.05, 4.69) is 11.2 Å². The summed E-state index contributed by atoms with van der Waals surface area (Å²) in [5.74, 6) is 0.918. The average molecular weight is 496 g/mol. The molecular formula is C24H21N3O7S. The summed E-state index contributed by atoms with van der Waals surface area (Å²) in [6.07, 6.45) is 0. The molecule has 0 aliphatic rings. The number of ether oxygens (including phenoxy) is 4. The molecule has 4 rings (SSSR count). The number of benzene rings is 3. The van der Waals surface area contributed by atoms with Crippen LogP contribution >= 0.6 is 0 Å². The van der Waals surface area contributed by atoms with Gasteiger partial charge in [-0.2, -0.15) is 5.26 Å². The monoisotopic (exact) mass is 495 g/mol. The highest BCUT2D eigenvalue weighted by Gasteiger charge is 2.28. The van der Waals surface area contributed by atoms with Crippen molar-refractivity contribution in [2.24, 2.45) is 5.14 Å². The summed E-state index contributed by atoms with van der Waals surface area (Å²) < 4.78 is 51.8. The Labute approximate surface area is 201 Å². The molecule has 35 heavy (non-hydrogen) atoms. The Kier molecular flexibility index (Phi) is 6.26. The van der Waals surface area contributed by atoms with Crippen molar-refractivity contribution in [1.82, 2.24) is 5.16 Å². The number of sulfonamides is 1. The number of hydrogen-bond acceptors (Lipinski definition) is 9. The first-order valence-corrected chi connectivity index (χ1v) is 11.7. The lowest BCUT2D eigenvalue weighted by molar-refractivity contribution is 0.374. The summed E-state index contributed by atoms with van der Waals surface area (Å²) in [4.78, 5) is -0.313. The van der Waals surface area contributed by atoms with Gasteiger partial charge in [-0.15, -0.1) is 0 Å². The fraction of sp³-hybridized carbons (Fsp3) is 0.167. The highest BCUT2D eigenvalue weighted by molar-refractivity contribution is 7.89. The lowest BCUT2D eigenvalue weighted by Crippen LogP contribution is -2.15. The number of primary sulfonamides is 1. The van der Waals surface area contributed by atoms with Crippen LogP contribution in [-0.2, 0) is 10.0 Å². The van der Waals surface area contributed by atoms with Gasteiger partial charge in [-0.1, -0.05) is 5.16 Å². The van der Waals surface area contributed by atoms with E-state index >= 15 is 0 Å². The molecule has 0 saturated carbocycles. The zero-order valence-corrected chi connectivity index (χ0v) is 20.1. The summed E-state index contributed by atoms with van der Waals surface area (Å²) in [5, 5.41) is 19.5. The van der Waals surface area contributed by atoms with Gasteiger partial charge in [0.25, 0.3) is 0 Å². The van der Waals surface area contributed by atoms with Crippen molar-refractivity contribution in [3.05, 3.63) is 48.0 Å². The van der Waals surface area contributed by atoms with Crippen molar-refractivity contribution in [2.45, 2.75) is 4.90 Å². The molecule has 0 saturated heterocycles. The first kappa shape index (κ1) is 23.9. The quantitative estimate of drug-likeness (QED) is 0.405. The van der Waals surface area contributed by atoms with Gasteiger partial charge in [0.1, 0.15) is 22.9 Å². The van der Waals surface area contributed by atoms with Crippen LogP contribution in [0.25, 0.3) is 33.4 Å². The number of nitriles is 1. The van der Waals surface area contributed by atoms with E-state index in [9.17, 15) is 13.7 Å². The minimum absolute atomic E-state index is 0.0291. The van der Waals surface area contributed by atoms with Crippen LogP contribution in [-0.4, -0.2) is 42.0 Å². The zero-order valence-electron chi connectivity index (χ0n) is 19.3. The van der Waals surface area contributed by atoms with Crippen LogP contribution in [0.1, 0.15) is 5.56 Å². The number of fused-ring (bicyclic) bond motifs is 1. The summed E-state index contributed by atoms with van der Waals surface area (Å²) in [6, 6.07) is 13.8. The molecule has 10 nitrogen and oxygen atoms in total. The Hall–Kier alpha value is -4.27. The molecule has 0 aliphatic carbocycles. The van der Waals surface area contributed by atoms with Crippen LogP contribution in [0.15, 0.2) is 51.9 Å². The van der Waals surface area contributed by atoms with Gasteiger partial charge >= 0.3 is 0 Å². The fourth-order valence-electron chi connectivity index (χ4n) is 3.86. The molecule has 0 aliphatic heterocycles. The number of nitrogens with two attached hydrogens (primary N) is 1. The summed E-state index contributed by atoms with van der Waals surface area (Å²) in [5.41, 5.74) is 2.80.